The molecule has 1 aromatic heterocycles. The summed E-state index contributed by atoms with van der Waals surface area (Å²) in [4.78, 5) is 7.13. The molecule has 0 unspecified atom stereocenters. The molecule has 0 fully saturated rings. The van der Waals surface area contributed by atoms with E-state index in [1.807, 2.05) is 30.3 Å². The molecule has 3 aromatic carbocycles. The van der Waals surface area contributed by atoms with Crippen LogP contribution in [0.25, 0.3) is 11.0 Å². The molecule has 1 heterocycles. The van der Waals surface area contributed by atoms with Gasteiger partial charge in [-0.15, -0.1) is 0 Å². The quantitative estimate of drug-likeness (QED) is 0.347. The van der Waals surface area contributed by atoms with E-state index in [-0.39, 0.29) is 6.54 Å². The van der Waals surface area contributed by atoms with Crippen molar-refractivity contribution in [1.82, 2.24) is 9.97 Å². The highest BCUT2D eigenvalue weighted by atomic mass is 19.4. The zero-order valence-corrected chi connectivity index (χ0v) is 16.4. The number of fused-ring (bicyclic) bond motifs is 1. The second-order valence-electron chi connectivity index (χ2n) is 6.91. The number of aromatic amines is 1. The Morgan fingerprint density at radius 2 is 1.65 bits per heavy atom. The predicted molar refractivity (Wildman–Crippen MR) is 113 cm³/mol. The molecule has 0 amide bonds. The van der Waals surface area contributed by atoms with E-state index >= 15 is 0 Å². The van der Waals surface area contributed by atoms with Crippen molar-refractivity contribution >= 4 is 16.7 Å². The molecule has 0 spiro atoms. The molecular formula is C23H20F3N3O2. The van der Waals surface area contributed by atoms with Crippen LogP contribution in [0.15, 0.2) is 73.1 Å². The van der Waals surface area contributed by atoms with Crippen LogP contribution in [0, 0.1) is 0 Å². The Bertz CT molecular complexity index is 1130. The number of ether oxygens (including phenoxy) is 2. The van der Waals surface area contributed by atoms with Crippen molar-refractivity contribution in [3.8, 4) is 17.2 Å². The maximum absolute atomic E-state index is 12.5. The summed E-state index contributed by atoms with van der Waals surface area (Å²) in [5.74, 6) is 1.76. The van der Waals surface area contributed by atoms with E-state index in [0.717, 1.165) is 5.56 Å². The van der Waals surface area contributed by atoms with Crippen LogP contribution in [0.5, 0.6) is 17.2 Å². The number of hydrogen-bond donors (Lipinski definition) is 2. The molecule has 8 heteroatoms. The van der Waals surface area contributed by atoms with E-state index in [1.54, 1.807) is 36.4 Å². The highest BCUT2D eigenvalue weighted by molar-refractivity contribution is 5.89. The van der Waals surface area contributed by atoms with Crippen LogP contribution < -0.4 is 14.8 Å². The molecule has 5 nitrogen and oxygen atoms in total. The summed E-state index contributed by atoms with van der Waals surface area (Å²) >= 11 is 0. The van der Waals surface area contributed by atoms with Gasteiger partial charge in [-0.3, -0.25) is 0 Å². The minimum atomic E-state index is -4.23. The summed E-state index contributed by atoms with van der Waals surface area (Å²) in [5.41, 5.74) is 2.76. The number of halogens is 3. The van der Waals surface area contributed by atoms with Gasteiger partial charge in [0.2, 0.25) is 0 Å². The predicted octanol–water partition coefficient (Wildman–Crippen LogP) is 6.30. The molecule has 160 valence electrons. The van der Waals surface area contributed by atoms with Gasteiger partial charge in [-0.25, -0.2) is 4.98 Å². The normalized spacial score (nSPS) is 11.5. The zero-order valence-electron chi connectivity index (χ0n) is 16.4. The van der Waals surface area contributed by atoms with Crippen LogP contribution in [0.4, 0.5) is 18.9 Å². The fourth-order valence-corrected chi connectivity index (χ4v) is 3.04. The molecule has 0 saturated heterocycles. The molecule has 0 saturated carbocycles. The molecule has 0 aliphatic carbocycles. The Morgan fingerprint density at radius 1 is 0.903 bits per heavy atom. The Morgan fingerprint density at radius 3 is 2.39 bits per heavy atom. The van der Waals surface area contributed by atoms with Gasteiger partial charge < -0.3 is 19.8 Å². The van der Waals surface area contributed by atoms with Crippen LogP contribution in [-0.4, -0.2) is 22.7 Å². The van der Waals surface area contributed by atoms with Gasteiger partial charge in [0, 0.05) is 18.7 Å². The third-order valence-electron chi connectivity index (χ3n) is 4.53. The number of hydrogen-bond acceptors (Lipinski definition) is 4. The second-order valence-corrected chi connectivity index (χ2v) is 6.91. The minimum Gasteiger partial charge on any atom is -0.489 e. The Hall–Kier alpha value is -3.68. The SMILES string of the molecule is FC(F)(F)CCNc1cc(Oc2ccc(OCc3ccccc3)cc2)cc2[nH]cnc12. The van der Waals surface area contributed by atoms with Gasteiger partial charge in [0.1, 0.15) is 29.4 Å². The van der Waals surface area contributed by atoms with Crippen LogP contribution in [0.3, 0.4) is 0 Å². The lowest BCUT2D eigenvalue weighted by molar-refractivity contribution is -0.131. The standard InChI is InChI=1S/C23H20F3N3O2/c24-23(25,26)10-11-27-20-12-19(13-21-22(20)29-15-28-21)31-18-8-6-17(7-9-18)30-14-16-4-2-1-3-5-16/h1-9,12-13,15,27H,10-11,14H2,(H,28,29). The average Bonchev–Trinajstić information content (AvgIpc) is 3.22. The third kappa shape index (κ3) is 5.69. The summed E-state index contributed by atoms with van der Waals surface area (Å²) in [6.45, 7) is 0.215. The van der Waals surface area contributed by atoms with E-state index in [1.165, 1.54) is 6.33 Å². The summed E-state index contributed by atoms with van der Waals surface area (Å²) in [5, 5.41) is 2.80. The Labute approximate surface area is 176 Å². The molecule has 2 N–H and O–H groups in total. The van der Waals surface area contributed by atoms with Crippen LogP contribution in [0.2, 0.25) is 0 Å². The first-order valence-corrected chi connectivity index (χ1v) is 9.69. The number of imidazole rings is 1. The first-order chi connectivity index (χ1) is 15.0. The van der Waals surface area contributed by atoms with Crippen LogP contribution >= 0.6 is 0 Å². The number of alkyl halides is 3. The highest BCUT2D eigenvalue weighted by Crippen LogP contribution is 2.31. The van der Waals surface area contributed by atoms with E-state index in [4.69, 9.17) is 9.47 Å². The molecule has 4 aromatic rings. The summed E-state index contributed by atoms with van der Waals surface area (Å²) in [7, 11) is 0. The topological polar surface area (TPSA) is 59.2 Å². The molecular weight excluding hydrogens is 407 g/mol. The number of nitrogens with zero attached hydrogens (tertiary/aromatic N) is 1. The number of rotatable bonds is 8. The Kier molecular flexibility index (Phi) is 5.97. The molecule has 0 atom stereocenters. The number of H-pyrrole nitrogens is 1. The van der Waals surface area contributed by atoms with E-state index in [9.17, 15) is 13.2 Å². The monoisotopic (exact) mass is 427 g/mol. The van der Waals surface area contributed by atoms with Gasteiger partial charge in [-0.2, -0.15) is 13.2 Å². The van der Waals surface area contributed by atoms with Crippen molar-refractivity contribution in [3.05, 3.63) is 78.6 Å². The largest absolute Gasteiger partial charge is 0.489 e. The van der Waals surface area contributed by atoms with Gasteiger partial charge in [0.15, 0.2) is 0 Å². The van der Waals surface area contributed by atoms with E-state index in [0.29, 0.717) is 40.6 Å². The minimum absolute atomic E-state index is 0.248. The Balaban J connectivity index is 1.43. The number of nitrogens with one attached hydrogen (secondary N) is 2. The third-order valence-corrected chi connectivity index (χ3v) is 4.53. The lowest BCUT2D eigenvalue weighted by Gasteiger charge is -2.12. The van der Waals surface area contributed by atoms with Gasteiger partial charge in [-0.05, 0) is 29.8 Å². The van der Waals surface area contributed by atoms with E-state index < -0.39 is 12.6 Å². The average molecular weight is 427 g/mol. The molecule has 0 radical (unpaired) electrons. The van der Waals surface area contributed by atoms with Gasteiger partial charge in [-0.1, -0.05) is 30.3 Å². The van der Waals surface area contributed by atoms with Crippen molar-refractivity contribution in [1.29, 1.82) is 0 Å². The van der Waals surface area contributed by atoms with Gasteiger partial charge in [0.05, 0.1) is 24.0 Å². The maximum atomic E-state index is 12.5. The molecule has 31 heavy (non-hydrogen) atoms. The lowest BCUT2D eigenvalue weighted by atomic mass is 10.2. The van der Waals surface area contributed by atoms with Crippen molar-refractivity contribution in [3.63, 3.8) is 0 Å². The first-order valence-electron chi connectivity index (χ1n) is 9.69. The summed E-state index contributed by atoms with van der Waals surface area (Å²) in [6, 6.07) is 20.4. The van der Waals surface area contributed by atoms with E-state index in [2.05, 4.69) is 15.3 Å². The van der Waals surface area contributed by atoms with Crippen LogP contribution in [-0.2, 0) is 6.61 Å². The van der Waals surface area contributed by atoms with Crippen molar-refractivity contribution in [2.45, 2.75) is 19.2 Å². The molecule has 0 bridgehead atoms. The molecule has 0 aliphatic rings. The maximum Gasteiger partial charge on any atom is 0.390 e. The van der Waals surface area contributed by atoms with Crippen molar-refractivity contribution < 1.29 is 22.6 Å². The summed E-state index contributed by atoms with van der Waals surface area (Å²) < 4.78 is 49.1. The second kappa shape index (κ2) is 8.99. The summed E-state index contributed by atoms with van der Waals surface area (Å²) in [6.07, 6.45) is -3.67. The van der Waals surface area contributed by atoms with Gasteiger partial charge in [0.25, 0.3) is 0 Å². The number of aromatic nitrogens is 2. The lowest BCUT2D eigenvalue weighted by Crippen LogP contribution is -2.14. The van der Waals surface area contributed by atoms with Crippen molar-refractivity contribution in [2.24, 2.45) is 0 Å². The zero-order chi connectivity index (χ0) is 21.7. The smallest absolute Gasteiger partial charge is 0.390 e. The number of benzene rings is 3. The number of anilines is 1. The highest BCUT2D eigenvalue weighted by Gasteiger charge is 2.26. The van der Waals surface area contributed by atoms with Crippen molar-refractivity contribution in [2.75, 3.05) is 11.9 Å². The molecule has 0 aliphatic heterocycles. The first kappa shape index (κ1) is 20.6. The molecule has 4 rings (SSSR count). The van der Waals surface area contributed by atoms with Gasteiger partial charge >= 0.3 is 6.18 Å². The fraction of sp³-hybridized carbons (Fsp3) is 0.174. The van der Waals surface area contributed by atoms with Crippen LogP contribution in [0.1, 0.15) is 12.0 Å². The fourth-order valence-electron chi connectivity index (χ4n) is 3.04.